The third kappa shape index (κ3) is 2.06. The van der Waals surface area contributed by atoms with Gasteiger partial charge in [-0.15, -0.1) is 5.92 Å². The van der Waals surface area contributed by atoms with Gasteiger partial charge < -0.3 is 11.1 Å². The molecule has 0 aromatic heterocycles. The second kappa shape index (κ2) is 4.16. The first-order valence-electron chi connectivity index (χ1n) is 4.55. The molecular formula is C10H15N3O. The van der Waals surface area contributed by atoms with Gasteiger partial charge in [0, 0.05) is 12.2 Å². The predicted octanol–water partition coefficient (Wildman–Crippen LogP) is 0.612. The van der Waals surface area contributed by atoms with Crippen LogP contribution in [0.5, 0.6) is 0 Å². The third-order valence-corrected chi connectivity index (χ3v) is 1.95. The van der Waals surface area contributed by atoms with Crippen LogP contribution in [0.3, 0.4) is 0 Å². The number of urea groups is 1. The van der Waals surface area contributed by atoms with Crippen molar-refractivity contribution in [1.82, 2.24) is 10.2 Å². The van der Waals surface area contributed by atoms with Crippen LogP contribution in [0.1, 0.15) is 20.8 Å². The van der Waals surface area contributed by atoms with Crippen molar-refractivity contribution in [3.05, 3.63) is 11.8 Å². The number of hydrogen-bond donors (Lipinski definition) is 2. The zero-order valence-electron chi connectivity index (χ0n) is 8.66. The monoisotopic (exact) mass is 193 g/mol. The SMILES string of the molecule is CC#CC1=CN(C(C)C)C(=O)NC1N. The fourth-order valence-corrected chi connectivity index (χ4v) is 1.21. The summed E-state index contributed by atoms with van der Waals surface area (Å²) in [5.74, 6) is 5.64. The quantitative estimate of drug-likeness (QED) is 0.599. The van der Waals surface area contributed by atoms with Crippen LogP contribution in [0.25, 0.3) is 0 Å². The molecule has 0 aromatic rings. The average molecular weight is 193 g/mol. The van der Waals surface area contributed by atoms with E-state index in [9.17, 15) is 4.79 Å². The Morgan fingerprint density at radius 2 is 2.29 bits per heavy atom. The first-order chi connectivity index (χ1) is 6.56. The Hall–Kier alpha value is -1.47. The molecule has 1 aliphatic rings. The number of carbonyl (C=O) groups is 1. The maximum atomic E-state index is 11.4. The highest BCUT2D eigenvalue weighted by Crippen LogP contribution is 2.10. The Kier molecular flexibility index (Phi) is 3.15. The van der Waals surface area contributed by atoms with E-state index in [2.05, 4.69) is 17.2 Å². The van der Waals surface area contributed by atoms with Gasteiger partial charge in [0.15, 0.2) is 0 Å². The maximum Gasteiger partial charge on any atom is 0.323 e. The molecule has 0 bridgehead atoms. The molecule has 3 N–H and O–H groups in total. The summed E-state index contributed by atoms with van der Waals surface area (Å²) < 4.78 is 0. The molecule has 1 unspecified atom stereocenters. The second-order valence-corrected chi connectivity index (χ2v) is 3.39. The molecule has 0 spiro atoms. The topological polar surface area (TPSA) is 58.4 Å². The lowest BCUT2D eigenvalue weighted by Gasteiger charge is -2.30. The van der Waals surface area contributed by atoms with Crippen LogP contribution >= 0.6 is 0 Å². The fourth-order valence-electron chi connectivity index (χ4n) is 1.21. The van der Waals surface area contributed by atoms with E-state index in [4.69, 9.17) is 5.73 Å². The molecule has 0 aromatic carbocycles. The first kappa shape index (κ1) is 10.6. The van der Waals surface area contributed by atoms with Crippen molar-refractivity contribution in [2.45, 2.75) is 33.0 Å². The van der Waals surface area contributed by atoms with Crippen LogP contribution in [-0.4, -0.2) is 23.1 Å². The van der Waals surface area contributed by atoms with Gasteiger partial charge in [0.25, 0.3) is 0 Å². The standard InChI is InChI=1S/C10H15N3O/c1-4-5-8-6-13(7(2)3)10(14)12-9(8)11/h6-7,9H,11H2,1-3H3,(H,12,14). The van der Waals surface area contributed by atoms with Gasteiger partial charge in [-0.05, 0) is 20.8 Å². The van der Waals surface area contributed by atoms with Gasteiger partial charge in [-0.25, -0.2) is 4.79 Å². The summed E-state index contributed by atoms with van der Waals surface area (Å²) in [6.45, 7) is 5.61. The van der Waals surface area contributed by atoms with Gasteiger partial charge in [0.1, 0.15) is 6.17 Å². The molecule has 0 saturated heterocycles. The van der Waals surface area contributed by atoms with E-state index >= 15 is 0 Å². The molecule has 4 heteroatoms. The molecule has 0 radical (unpaired) electrons. The molecule has 1 heterocycles. The highest BCUT2D eigenvalue weighted by Gasteiger charge is 2.24. The molecule has 2 amide bonds. The molecule has 76 valence electrons. The summed E-state index contributed by atoms with van der Waals surface area (Å²) in [7, 11) is 0. The van der Waals surface area contributed by atoms with Crippen molar-refractivity contribution < 1.29 is 4.79 Å². The normalized spacial score (nSPS) is 21.2. The van der Waals surface area contributed by atoms with Crippen LogP contribution < -0.4 is 11.1 Å². The van der Waals surface area contributed by atoms with Gasteiger partial charge in [-0.1, -0.05) is 5.92 Å². The van der Waals surface area contributed by atoms with E-state index in [1.54, 1.807) is 18.0 Å². The molecular weight excluding hydrogens is 178 g/mol. The van der Waals surface area contributed by atoms with Gasteiger partial charge in [-0.2, -0.15) is 0 Å². The summed E-state index contributed by atoms with van der Waals surface area (Å²) in [6, 6.07) is -0.0645. The predicted molar refractivity (Wildman–Crippen MR) is 55.0 cm³/mol. The minimum absolute atomic E-state index is 0.108. The average Bonchev–Trinajstić information content (AvgIpc) is 2.09. The summed E-state index contributed by atoms with van der Waals surface area (Å²) in [5, 5.41) is 2.64. The van der Waals surface area contributed by atoms with E-state index in [-0.39, 0.29) is 12.1 Å². The number of rotatable bonds is 1. The lowest BCUT2D eigenvalue weighted by Crippen LogP contribution is -2.53. The van der Waals surface area contributed by atoms with Crippen LogP contribution in [-0.2, 0) is 0 Å². The number of amides is 2. The Bertz CT molecular complexity index is 322. The molecule has 1 aliphatic heterocycles. The molecule has 1 rings (SSSR count). The Labute approximate surface area is 84.1 Å². The van der Waals surface area contributed by atoms with Gasteiger partial charge in [-0.3, -0.25) is 4.90 Å². The highest BCUT2D eigenvalue weighted by molar-refractivity contribution is 5.78. The molecule has 1 atom stereocenters. The zero-order chi connectivity index (χ0) is 10.7. The van der Waals surface area contributed by atoms with Gasteiger partial charge in [0.05, 0.1) is 5.57 Å². The number of nitrogens with zero attached hydrogens (tertiary/aromatic N) is 1. The van der Waals surface area contributed by atoms with Crippen molar-refractivity contribution in [1.29, 1.82) is 0 Å². The number of nitrogens with one attached hydrogen (secondary N) is 1. The van der Waals surface area contributed by atoms with E-state index in [0.717, 1.165) is 5.57 Å². The van der Waals surface area contributed by atoms with Crippen LogP contribution in [0, 0.1) is 11.8 Å². The van der Waals surface area contributed by atoms with Crippen molar-refractivity contribution >= 4 is 6.03 Å². The molecule has 0 aliphatic carbocycles. The van der Waals surface area contributed by atoms with Crippen LogP contribution in [0.4, 0.5) is 4.79 Å². The van der Waals surface area contributed by atoms with E-state index in [1.165, 1.54) is 0 Å². The lowest BCUT2D eigenvalue weighted by molar-refractivity contribution is 0.198. The number of hydrogen-bond acceptors (Lipinski definition) is 2. The first-order valence-corrected chi connectivity index (χ1v) is 4.55. The number of carbonyl (C=O) groups excluding carboxylic acids is 1. The number of nitrogens with two attached hydrogens (primary N) is 1. The van der Waals surface area contributed by atoms with E-state index in [0.29, 0.717) is 0 Å². The van der Waals surface area contributed by atoms with Gasteiger partial charge in [0.2, 0.25) is 0 Å². The fraction of sp³-hybridized carbons (Fsp3) is 0.500. The molecule has 0 saturated carbocycles. The second-order valence-electron chi connectivity index (χ2n) is 3.39. The molecule has 0 fully saturated rings. The summed E-state index contributed by atoms with van der Waals surface area (Å²) >= 11 is 0. The highest BCUT2D eigenvalue weighted by atomic mass is 16.2. The smallest absolute Gasteiger partial charge is 0.318 e. The maximum absolute atomic E-state index is 11.4. The largest absolute Gasteiger partial charge is 0.323 e. The lowest BCUT2D eigenvalue weighted by atomic mass is 10.2. The van der Waals surface area contributed by atoms with E-state index in [1.807, 2.05) is 13.8 Å². The van der Waals surface area contributed by atoms with Crippen molar-refractivity contribution in [2.24, 2.45) is 5.73 Å². The van der Waals surface area contributed by atoms with E-state index < -0.39 is 6.17 Å². The van der Waals surface area contributed by atoms with Gasteiger partial charge >= 0.3 is 6.03 Å². The zero-order valence-corrected chi connectivity index (χ0v) is 8.66. The van der Waals surface area contributed by atoms with Crippen molar-refractivity contribution in [3.8, 4) is 11.8 Å². The third-order valence-electron chi connectivity index (χ3n) is 1.95. The Morgan fingerprint density at radius 1 is 1.64 bits per heavy atom. The van der Waals surface area contributed by atoms with Crippen LogP contribution in [0.2, 0.25) is 0 Å². The summed E-state index contributed by atoms with van der Waals surface area (Å²) in [6.07, 6.45) is 1.23. The van der Waals surface area contributed by atoms with Crippen molar-refractivity contribution in [2.75, 3.05) is 0 Å². The molecule has 14 heavy (non-hydrogen) atoms. The summed E-state index contributed by atoms with van der Waals surface area (Å²) in [4.78, 5) is 13.0. The molecule has 4 nitrogen and oxygen atoms in total. The Morgan fingerprint density at radius 3 is 2.79 bits per heavy atom. The minimum Gasteiger partial charge on any atom is -0.318 e. The Balaban J connectivity index is 2.97. The summed E-state index contributed by atoms with van der Waals surface area (Å²) in [5.41, 5.74) is 6.43. The van der Waals surface area contributed by atoms with Crippen LogP contribution in [0.15, 0.2) is 11.8 Å². The van der Waals surface area contributed by atoms with Crippen molar-refractivity contribution in [3.63, 3.8) is 0 Å². The minimum atomic E-state index is -0.482.